The zero-order chi connectivity index (χ0) is 10.7. The van der Waals surface area contributed by atoms with Gasteiger partial charge in [-0.2, -0.15) is 0 Å². The SMILES string of the molecule is O=C1C=C(NCc2cccc(F)c2)CO1. The predicted octanol–water partition coefficient (Wildman–Crippen LogP) is 1.36. The lowest BCUT2D eigenvalue weighted by Gasteiger charge is -2.05. The van der Waals surface area contributed by atoms with Crippen molar-refractivity contribution in [3.05, 3.63) is 47.4 Å². The summed E-state index contributed by atoms with van der Waals surface area (Å²) in [6.07, 6.45) is 1.40. The molecule has 0 spiro atoms. The largest absolute Gasteiger partial charge is 0.456 e. The fourth-order valence-electron chi connectivity index (χ4n) is 1.34. The standard InChI is InChI=1S/C11H10FNO2/c12-9-3-1-2-8(4-9)6-13-10-5-11(14)15-7-10/h1-5,13H,6-7H2. The van der Waals surface area contributed by atoms with Crippen molar-refractivity contribution in [2.75, 3.05) is 6.61 Å². The summed E-state index contributed by atoms with van der Waals surface area (Å²) in [5.41, 5.74) is 1.56. The zero-order valence-electron chi connectivity index (χ0n) is 8.00. The number of nitrogens with one attached hydrogen (secondary N) is 1. The molecule has 0 atom stereocenters. The molecule has 0 fully saturated rings. The van der Waals surface area contributed by atoms with E-state index < -0.39 is 0 Å². The maximum atomic E-state index is 12.8. The Bertz CT molecular complexity index is 415. The molecule has 0 saturated heterocycles. The van der Waals surface area contributed by atoms with Crippen LogP contribution in [0.1, 0.15) is 5.56 Å². The summed E-state index contributed by atoms with van der Waals surface area (Å²) in [5.74, 6) is -0.598. The number of esters is 1. The lowest BCUT2D eigenvalue weighted by atomic mass is 10.2. The van der Waals surface area contributed by atoms with Crippen LogP contribution >= 0.6 is 0 Å². The highest BCUT2D eigenvalue weighted by atomic mass is 19.1. The Balaban J connectivity index is 1.93. The molecule has 1 aromatic rings. The number of cyclic esters (lactones) is 1. The molecule has 0 amide bonds. The molecule has 1 aliphatic heterocycles. The highest BCUT2D eigenvalue weighted by molar-refractivity contribution is 5.85. The van der Waals surface area contributed by atoms with Crippen molar-refractivity contribution in [3.63, 3.8) is 0 Å². The first kappa shape index (κ1) is 9.71. The average Bonchev–Trinajstić information content (AvgIpc) is 2.62. The van der Waals surface area contributed by atoms with Gasteiger partial charge in [-0.05, 0) is 17.7 Å². The van der Waals surface area contributed by atoms with Crippen molar-refractivity contribution in [2.24, 2.45) is 0 Å². The maximum Gasteiger partial charge on any atom is 0.333 e. The molecule has 4 heteroatoms. The molecule has 1 aliphatic rings. The second-order valence-electron chi connectivity index (χ2n) is 3.26. The van der Waals surface area contributed by atoms with Crippen LogP contribution in [0, 0.1) is 5.82 Å². The summed E-state index contributed by atoms with van der Waals surface area (Å²) >= 11 is 0. The topological polar surface area (TPSA) is 38.3 Å². The van der Waals surface area contributed by atoms with Crippen molar-refractivity contribution in [1.82, 2.24) is 5.32 Å². The van der Waals surface area contributed by atoms with Crippen molar-refractivity contribution >= 4 is 5.97 Å². The number of rotatable bonds is 3. The van der Waals surface area contributed by atoms with E-state index >= 15 is 0 Å². The van der Waals surface area contributed by atoms with Crippen molar-refractivity contribution in [3.8, 4) is 0 Å². The molecule has 0 aromatic heterocycles. The van der Waals surface area contributed by atoms with Crippen LogP contribution in [0.5, 0.6) is 0 Å². The molecule has 0 saturated carbocycles. The van der Waals surface area contributed by atoms with E-state index in [1.807, 2.05) is 6.07 Å². The first-order valence-electron chi connectivity index (χ1n) is 4.60. The molecule has 1 aromatic carbocycles. The van der Waals surface area contributed by atoms with Gasteiger partial charge in [-0.3, -0.25) is 0 Å². The van der Waals surface area contributed by atoms with Crippen molar-refractivity contribution < 1.29 is 13.9 Å². The lowest BCUT2D eigenvalue weighted by molar-refractivity contribution is -0.134. The van der Waals surface area contributed by atoms with Crippen LogP contribution in [0.15, 0.2) is 36.0 Å². The van der Waals surface area contributed by atoms with E-state index in [9.17, 15) is 9.18 Å². The van der Waals surface area contributed by atoms with Gasteiger partial charge in [-0.1, -0.05) is 12.1 Å². The highest BCUT2D eigenvalue weighted by Gasteiger charge is 2.11. The summed E-state index contributed by atoms with van der Waals surface area (Å²) < 4.78 is 17.5. The van der Waals surface area contributed by atoms with Crippen LogP contribution in [0.3, 0.4) is 0 Å². The molecule has 15 heavy (non-hydrogen) atoms. The first-order valence-corrected chi connectivity index (χ1v) is 4.60. The number of benzene rings is 1. The molecule has 0 bridgehead atoms. The third-order valence-corrected chi connectivity index (χ3v) is 2.07. The molecule has 2 rings (SSSR count). The summed E-state index contributed by atoms with van der Waals surface area (Å²) in [6.45, 7) is 0.758. The number of halogens is 1. The Hall–Kier alpha value is -1.84. The third-order valence-electron chi connectivity index (χ3n) is 2.07. The van der Waals surface area contributed by atoms with E-state index in [0.717, 1.165) is 11.3 Å². The van der Waals surface area contributed by atoms with E-state index in [2.05, 4.69) is 5.32 Å². The lowest BCUT2D eigenvalue weighted by Crippen LogP contribution is -2.13. The number of hydrogen-bond donors (Lipinski definition) is 1. The smallest absolute Gasteiger partial charge is 0.333 e. The Kier molecular flexibility index (Phi) is 2.67. The summed E-state index contributed by atoms with van der Waals surface area (Å²) in [7, 11) is 0. The van der Waals surface area contributed by atoms with E-state index in [1.165, 1.54) is 18.2 Å². The van der Waals surface area contributed by atoms with Gasteiger partial charge in [0.25, 0.3) is 0 Å². The molecule has 78 valence electrons. The minimum absolute atomic E-state index is 0.262. The Morgan fingerprint density at radius 2 is 2.33 bits per heavy atom. The third kappa shape index (κ3) is 2.56. The Morgan fingerprint density at radius 1 is 1.47 bits per heavy atom. The predicted molar refractivity (Wildman–Crippen MR) is 52.3 cm³/mol. The van der Waals surface area contributed by atoms with Crippen molar-refractivity contribution in [2.45, 2.75) is 6.54 Å². The number of carbonyl (C=O) groups is 1. The van der Waals surface area contributed by atoms with Gasteiger partial charge in [0, 0.05) is 12.6 Å². The normalized spacial score (nSPS) is 14.7. The Labute approximate surface area is 86.6 Å². The molecule has 3 nitrogen and oxygen atoms in total. The van der Waals surface area contributed by atoms with Gasteiger partial charge in [0.1, 0.15) is 12.4 Å². The minimum atomic E-state index is -0.336. The van der Waals surface area contributed by atoms with E-state index in [4.69, 9.17) is 4.74 Å². The van der Waals surface area contributed by atoms with Gasteiger partial charge in [0.05, 0.1) is 5.70 Å². The quantitative estimate of drug-likeness (QED) is 0.760. The van der Waals surface area contributed by atoms with Crippen LogP contribution in [-0.2, 0) is 16.1 Å². The van der Waals surface area contributed by atoms with Crippen LogP contribution in [-0.4, -0.2) is 12.6 Å². The molecule has 0 aliphatic carbocycles. The van der Waals surface area contributed by atoms with Crippen molar-refractivity contribution in [1.29, 1.82) is 0 Å². The fourth-order valence-corrected chi connectivity index (χ4v) is 1.34. The zero-order valence-corrected chi connectivity index (χ0v) is 8.00. The van der Waals surface area contributed by atoms with Gasteiger partial charge in [-0.25, -0.2) is 9.18 Å². The van der Waals surface area contributed by atoms with Crippen LogP contribution in [0.25, 0.3) is 0 Å². The van der Waals surface area contributed by atoms with Gasteiger partial charge in [-0.15, -0.1) is 0 Å². The summed E-state index contributed by atoms with van der Waals surface area (Å²) in [4.78, 5) is 10.7. The van der Waals surface area contributed by atoms with Crippen LogP contribution < -0.4 is 5.32 Å². The average molecular weight is 207 g/mol. The van der Waals surface area contributed by atoms with E-state index in [0.29, 0.717) is 6.54 Å². The molecule has 0 unspecified atom stereocenters. The maximum absolute atomic E-state index is 12.8. The van der Waals surface area contributed by atoms with Crippen LogP contribution in [0.2, 0.25) is 0 Å². The second kappa shape index (κ2) is 4.13. The van der Waals surface area contributed by atoms with Gasteiger partial charge in [0.2, 0.25) is 0 Å². The Morgan fingerprint density at radius 3 is 3.00 bits per heavy atom. The van der Waals surface area contributed by atoms with Crippen LogP contribution in [0.4, 0.5) is 4.39 Å². The second-order valence-corrected chi connectivity index (χ2v) is 3.26. The number of ether oxygens (including phenoxy) is 1. The van der Waals surface area contributed by atoms with Gasteiger partial charge >= 0.3 is 5.97 Å². The van der Waals surface area contributed by atoms with Gasteiger partial charge < -0.3 is 10.1 Å². The molecule has 0 radical (unpaired) electrons. The molecular weight excluding hydrogens is 197 g/mol. The van der Waals surface area contributed by atoms with E-state index in [1.54, 1.807) is 6.07 Å². The molecular formula is C11H10FNO2. The van der Waals surface area contributed by atoms with E-state index in [-0.39, 0.29) is 18.4 Å². The summed E-state index contributed by atoms with van der Waals surface area (Å²) in [5, 5.41) is 3.00. The number of hydrogen-bond acceptors (Lipinski definition) is 3. The monoisotopic (exact) mass is 207 g/mol. The molecule has 1 N–H and O–H groups in total. The first-order chi connectivity index (χ1) is 7.24. The minimum Gasteiger partial charge on any atom is -0.456 e. The molecule has 1 heterocycles. The highest BCUT2D eigenvalue weighted by Crippen LogP contribution is 2.06. The fraction of sp³-hybridized carbons (Fsp3) is 0.182. The number of carbonyl (C=O) groups excluding carboxylic acids is 1. The van der Waals surface area contributed by atoms with Gasteiger partial charge in [0.15, 0.2) is 0 Å². The summed E-state index contributed by atoms with van der Waals surface area (Å²) in [6, 6.07) is 6.31.